The largest absolute Gasteiger partial charge is 0.493 e. The van der Waals surface area contributed by atoms with Crippen LogP contribution in [0.3, 0.4) is 0 Å². The van der Waals surface area contributed by atoms with Crippen LogP contribution < -0.4 is 9.47 Å². The van der Waals surface area contributed by atoms with Gasteiger partial charge in [-0.2, -0.15) is 0 Å². The first-order valence-electron chi connectivity index (χ1n) is 9.74. The van der Waals surface area contributed by atoms with Crippen molar-refractivity contribution in [2.24, 2.45) is 4.99 Å². The Morgan fingerprint density at radius 2 is 1.81 bits per heavy atom. The number of ether oxygens (including phenoxy) is 2. The Balaban J connectivity index is 1.49. The van der Waals surface area contributed by atoms with Crippen molar-refractivity contribution in [1.82, 2.24) is 0 Å². The first-order valence-corrected chi connectivity index (χ1v) is 9.74. The summed E-state index contributed by atoms with van der Waals surface area (Å²) in [5, 5.41) is 10.1. The first kappa shape index (κ1) is 20.2. The molecule has 4 aromatic rings. The fourth-order valence-electron chi connectivity index (χ4n) is 3.09. The summed E-state index contributed by atoms with van der Waals surface area (Å²) in [6, 6.07) is 22.9. The van der Waals surface area contributed by atoms with E-state index < -0.39 is 12.1 Å². The van der Waals surface area contributed by atoms with Crippen LogP contribution in [0, 0.1) is 0 Å². The summed E-state index contributed by atoms with van der Waals surface area (Å²) < 4.78 is 16.6. The second-order valence-corrected chi connectivity index (χ2v) is 6.96. The van der Waals surface area contributed by atoms with Crippen LogP contribution in [-0.4, -0.2) is 30.5 Å². The summed E-state index contributed by atoms with van der Waals surface area (Å²) in [4.78, 5) is 15.5. The second kappa shape index (κ2) is 8.75. The number of carbonyl (C=O) groups is 1. The van der Waals surface area contributed by atoms with Gasteiger partial charge in [0.2, 0.25) is 0 Å². The molecule has 0 radical (unpaired) electrons. The van der Waals surface area contributed by atoms with Gasteiger partial charge in [-0.05, 0) is 67.1 Å². The highest BCUT2D eigenvalue weighted by atomic mass is 16.5. The molecule has 6 nitrogen and oxygen atoms in total. The number of benzene rings is 3. The minimum atomic E-state index is -1.04. The Morgan fingerprint density at radius 1 is 1.03 bits per heavy atom. The number of para-hydroxylation sites is 1. The lowest BCUT2D eigenvalue weighted by atomic mass is 10.1. The number of aliphatic carboxylic acids is 1. The fourth-order valence-corrected chi connectivity index (χ4v) is 3.09. The minimum Gasteiger partial charge on any atom is -0.493 e. The number of nitrogens with zero attached hydrogens (tertiary/aromatic N) is 1. The molecule has 0 aliphatic heterocycles. The van der Waals surface area contributed by atoms with Gasteiger partial charge in [-0.25, -0.2) is 4.79 Å². The van der Waals surface area contributed by atoms with Crippen molar-refractivity contribution >= 4 is 28.8 Å². The molecule has 156 valence electrons. The van der Waals surface area contributed by atoms with Gasteiger partial charge >= 0.3 is 5.97 Å². The zero-order chi connectivity index (χ0) is 21.8. The van der Waals surface area contributed by atoms with Crippen LogP contribution in [0.2, 0.25) is 0 Å². The van der Waals surface area contributed by atoms with Crippen molar-refractivity contribution in [3.05, 3.63) is 78.4 Å². The summed E-state index contributed by atoms with van der Waals surface area (Å²) in [6.07, 6.45) is 0.738. The van der Waals surface area contributed by atoms with Crippen LogP contribution >= 0.6 is 0 Å². The molecule has 0 aliphatic carbocycles. The van der Waals surface area contributed by atoms with Gasteiger partial charge in [0.25, 0.3) is 0 Å². The number of methoxy groups -OCH3 is 1. The van der Waals surface area contributed by atoms with E-state index in [9.17, 15) is 4.79 Å². The predicted molar refractivity (Wildman–Crippen MR) is 120 cm³/mol. The minimum absolute atomic E-state index is 0.365. The van der Waals surface area contributed by atoms with E-state index in [1.165, 1.54) is 14.0 Å². The zero-order valence-corrected chi connectivity index (χ0v) is 17.1. The molecule has 3 aromatic carbocycles. The maximum absolute atomic E-state index is 11.0. The van der Waals surface area contributed by atoms with E-state index in [-0.39, 0.29) is 0 Å². The summed E-state index contributed by atoms with van der Waals surface area (Å²) >= 11 is 0. The quantitative estimate of drug-likeness (QED) is 0.391. The maximum Gasteiger partial charge on any atom is 0.344 e. The molecular weight excluding hydrogens is 394 g/mol. The number of carboxylic acid groups (broad SMARTS) is 1. The molecule has 0 amide bonds. The van der Waals surface area contributed by atoms with E-state index in [0.717, 1.165) is 33.5 Å². The SMILES string of the molecule is COc1cc(C=Nc2ccc(-c3cc4ccccc4o3)cc2)ccc1O[C@H](C)C(=O)O. The van der Waals surface area contributed by atoms with E-state index in [1.54, 1.807) is 24.4 Å². The van der Waals surface area contributed by atoms with Crippen molar-refractivity contribution in [3.8, 4) is 22.8 Å². The third kappa shape index (κ3) is 4.59. The predicted octanol–water partition coefficient (Wildman–Crippen LogP) is 5.71. The van der Waals surface area contributed by atoms with E-state index in [0.29, 0.717) is 11.5 Å². The van der Waals surface area contributed by atoms with Crippen molar-refractivity contribution < 1.29 is 23.8 Å². The lowest BCUT2D eigenvalue weighted by molar-refractivity contribution is -0.144. The number of fused-ring (bicyclic) bond motifs is 1. The number of furan rings is 1. The average molecular weight is 415 g/mol. The van der Waals surface area contributed by atoms with Crippen molar-refractivity contribution in [1.29, 1.82) is 0 Å². The van der Waals surface area contributed by atoms with Gasteiger partial charge in [-0.1, -0.05) is 18.2 Å². The van der Waals surface area contributed by atoms with Gasteiger partial charge in [0.1, 0.15) is 11.3 Å². The molecule has 0 fully saturated rings. The van der Waals surface area contributed by atoms with E-state index >= 15 is 0 Å². The summed E-state index contributed by atoms with van der Waals surface area (Å²) in [5.74, 6) is 0.577. The van der Waals surface area contributed by atoms with Crippen LogP contribution in [0.25, 0.3) is 22.3 Å². The average Bonchev–Trinajstić information content (AvgIpc) is 3.23. The van der Waals surface area contributed by atoms with Gasteiger partial charge in [0.05, 0.1) is 12.8 Å². The molecule has 0 saturated carbocycles. The Bertz CT molecular complexity index is 1210. The Labute approximate surface area is 179 Å². The molecule has 0 unspecified atom stereocenters. The van der Waals surface area contributed by atoms with Crippen molar-refractivity contribution in [2.75, 3.05) is 7.11 Å². The molecule has 0 spiro atoms. The number of rotatable bonds is 7. The summed E-state index contributed by atoms with van der Waals surface area (Å²) in [7, 11) is 1.51. The second-order valence-electron chi connectivity index (χ2n) is 6.96. The normalized spacial score (nSPS) is 12.2. The summed E-state index contributed by atoms with van der Waals surface area (Å²) in [6.45, 7) is 1.46. The van der Waals surface area contributed by atoms with Gasteiger partial charge < -0.3 is 19.0 Å². The van der Waals surface area contributed by atoms with E-state index in [1.807, 2.05) is 54.6 Å². The van der Waals surface area contributed by atoms with E-state index in [2.05, 4.69) is 4.99 Å². The maximum atomic E-state index is 11.0. The Kier molecular flexibility index (Phi) is 5.71. The van der Waals surface area contributed by atoms with Gasteiger partial charge in [0.15, 0.2) is 17.6 Å². The summed E-state index contributed by atoms with van der Waals surface area (Å²) in [5.41, 5.74) is 3.43. The molecule has 0 bridgehead atoms. The van der Waals surface area contributed by atoms with Crippen molar-refractivity contribution in [3.63, 3.8) is 0 Å². The molecule has 6 heteroatoms. The first-order chi connectivity index (χ1) is 15.0. The zero-order valence-electron chi connectivity index (χ0n) is 17.1. The van der Waals surface area contributed by atoms with Crippen molar-refractivity contribution in [2.45, 2.75) is 13.0 Å². The number of carboxylic acids is 1. The lowest BCUT2D eigenvalue weighted by Gasteiger charge is -2.14. The van der Waals surface area contributed by atoms with Crippen LogP contribution in [0.15, 0.2) is 82.2 Å². The van der Waals surface area contributed by atoms with Crippen LogP contribution in [0.4, 0.5) is 5.69 Å². The number of aliphatic imine (C=N–C) groups is 1. The molecule has 1 heterocycles. The van der Waals surface area contributed by atoms with Gasteiger partial charge in [-0.3, -0.25) is 4.99 Å². The third-order valence-corrected chi connectivity index (χ3v) is 4.78. The molecule has 4 rings (SSSR count). The molecule has 31 heavy (non-hydrogen) atoms. The lowest BCUT2D eigenvalue weighted by Crippen LogP contribution is -2.23. The van der Waals surface area contributed by atoms with Crippen LogP contribution in [0.1, 0.15) is 12.5 Å². The van der Waals surface area contributed by atoms with Crippen LogP contribution in [-0.2, 0) is 4.79 Å². The highest BCUT2D eigenvalue weighted by molar-refractivity contribution is 5.84. The molecular formula is C25H21NO5. The van der Waals surface area contributed by atoms with Gasteiger partial charge in [0, 0.05) is 17.2 Å². The molecule has 0 saturated heterocycles. The topological polar surface area (TPSA) is 81.3 Å². The van der Waals surface area contributed by atoms with Crippen LogP contribution in [0.5, 0.6) is 11.5 Å². The molecule has 1 atom stereocenters. The highest BCUT2D eigenvalue weighted by Gasteiger charge is 2.15. The highest BCUT2D eigenvalue weighted by Crippen LogP contribution is 2.30. The monoisotopic (exact) mass is 415 g/mol. The molecule has 1 aromatic heterocycles. The Hall–Kier alpha value is -4.06. The number of hydrogen-bond donors (Lipinski definition) is 1. The third-order valence-electron chi connectivity index (χ3n) is 4.78. The smallest absolute Gasteiger partial charge is 0.344 e. The number of hydrogen-bond acceptors (Lipinski definition) is 5. The fraction of sp³-hybridized carbons (Fsp3) is 0.120. The Morgan fingerprint density at radius 3 is 2.52 bits per heavy atom. The molecule has 0 aliphatic rings. The van der Waals surface area contributed by atoms with Gasteiger partial charge in [-0.15, -0.1) is 0 Å². The standard InChI is InChI=1S/C25H21NO5/c1-16(25(27)28)30-22-12-7-17(13-24(22)29-2)15-26-20-10-8-18(9-11-20)23-14-19-5-3-4-6-21(19)31-23/h3-16H,1-2H3,(H,27,28)/t16-/m1/s1. The van der Waals surface area contributed by atoms with E-state index in [4.69, 9.17) is 19.0 Å². The molecule has 1 N–H and O–H groups in total.